The van der Waals surface area contributed by atoms with Gasteiger partial charge in [-0.15, -0.1) is 0 Å². The van der Waals surface area contributed by atoms with Gasteiger partial charge in [-0.05, 0) is 13.0 Å². The SMILES string of the molecule is CCNC(=O)O[C@@H]1CO[C@H]2[C@@H]1OC[C@@H]2[NH2+]Cc1c[nH]c2ccccc12. The van der Waals surface area contributed by atoms with Crippen LogP contribution in [0.3, 0.4) is 0 Å². The standard InChI is InChI=1S/C18H23N3O4/c1-2-19-18(22)25-15-10-24-16-14(9-23-17(15)16)21-8-11-7-20-13-6-4-3-5-12(11)13/h3-7,14-17,20-21H,2,8-10H2,1H3,(H,19,22)/p+1/t14-,15+,16+,17+/m0/s1. The lowest BCUT2D eigenvalue weighted by molar-refractivity contribution is -0.707. The molecule has 7 heteroatoms. The Morgan fingerprint density at radius 1 is 1.32 bits per heavy atom. The van der Waals surface area contributed by atoms with Gasteiger partial charge >= 0.3 is 6.09 Å². The zero-order chi connectivity index (χ0) is 17.2. The summed E-state index contributed by atoms with van der Waals surface area (Å²) in [6.07, 6.45) is 1.11. The molecule has 1 aromatic heterocycles. The summed E-state index contributed by atoms with van der Waals surface area (Å²) < 4.78 is 17.1. The van der Waals surface area contributed by atoms with E-state index in [1.54, 1.807) is 0 Å². The molecule has 2 saturated heterocycles. The molecule has 3 heterocycles. The molecular formula is C18H24N3O4+. The lowest BCUT2D eigenvalue weighted by atomic mass is 10.1. The third kappa shape index (κ3) is 3.22. The molecule has 0 saturated carbocycles. The van der Waals surface area contributed by atoms with Gasteiger partial charge in [-0.3, -0.25) is 0 Å². The van der Waals surface area contributed by atoms with Crippen molar-refractivity contribution in [3.05, 3.63) is 36.0 Å². The fourth-order valence-corrected chi connectivity index (χ4v) is 3.70. The normalized spacial score (nSPS) is 28.2. The third-order valence-electron chi connectivity index (χ3n) is 4.94. The van der Waals surface area contributed by atoms with E-state index in [0.29, 0.717) is 19.8 Å². The van der Waals surface area contributed by atoms with Gasteiger partial charge in [0, 0.05) is 29.2 Å². The van der Waals surface area contributed by atoms with E-state index in [0.717, 1.165) is 12.1 Å². The van der Waals surface area contributed by atoms with Gasteiger partial charge in [-0.2, -0.15) is 0 Å². The first-order valence-corrected chi connectivity index (χ1v) is 8.82. The van der Waals surface area contributed by atoms with Crippen LogP contribution in [0.2, 0.25) is 0 Å². The Labute approximate surface area is 146 Å². The summed E-state index contributed by atoms with van der Waals surface area (Å²) in [6.45, 7) is 4.25. The van der Waals surface area contributed by atoms with Gasteiger partial charge < -0.3 is 29.8 Å². The molecule has 25 heavy (non-hydrogen) atoms. The number of nitrogens with one attached hydrogen (secondary N) is 2. The minimum absolute atomic E-state index is 0.0374. The van der Waals surface area contributed by atoms with Crippen LogP contribution in [-0.4, -0.2) is 55.2 Å². The van der Waals surface area contributed by atoms with Crippen molar-refractivity contribution in [3.8, 4) is 0 Å². The fraction of sp³-hybridized carbons (Fsp3) is 0.500. The van der Waals surface area contributed by atoms with Gasteiger partial charge in [0.15, 0.2) is 6.10 Å². The molecule has 4 rings (SSSR count). The quantitative estimate of drug-likeness (QED) is 0.736. The number of H-pyrrole nitrogens is 1. The van der Waals surface area contributed by atoms with E-state index >= 15 is 0 Å². The molecule has 0 aliphatic carbocycles. The Bertz CT molecular complexity index is 747. The molecule has 2 aromatic rings. The molecule has 134 valence electrons. The highest BCUT2D eigenvalue weighted by Gasteiger charge is 2.51. The molecule has 7 nitrogen and oxygen atoms in total. The maximum atomic E-state index is 11.6. The van der Waals surface area contributed by atoms with Crippen molar-refractivity contribution in [1.29, 1.82) is 0 Å². The number of fused-ring (bicyclic) bond motifs is 2. The van der Waals surface area contributed by atoms with E-state index in [2.05, 4.69) is 40.0 Å². The van der Waals surface area contributed by atoms with Gasteiger partial charge in [-0.25, -0.2) is 4.79 Å². The first kappa shape index (κ1) is 16.4. The molecule has 0 spiro atoms. The van der Waals surface area contributed by atoms with E-state index in [-0.39, 0.29) is 24.4 Å². The number of carbonyl (C=O) groups excluding carboxylic acids is 1. The maximum absolute atomic E-state index is 11.6. The van der Waals surface area contributed by atoms with Gasteiger partial charge in [0.2, 0.25) is 0 Å². The van der Waals surface area contributed by atoms with Crippen molar-refractivity contribution in [3.63, 3.8) is 0 Å². The number of para-hydroxylation sites is 1. The molecule has 1 amide bonds. The highest BCUT2D eigenvalue weighted by atomic mass is 16.6. The second-order valence-corrected chi connectivity index (χ2v) is 6.53. The van der Waals surface area contributed by atoms with Crippen LogP contribution >= 0.6 is 0 Å². The van der Waals surface area contributed by atoms with Crippen molar-refractivity contribution < 1.29 is 24.3 Å². The topological polar surface area (TPSA) is 89.2 Å². The number of aromatic amines is 1. The molecule has 4 atom stereocenters. The monoisotopic (exact) mass is 346 g/mol. The summed E-state index contributed by atoms with van der Waals surface area (Å²) >= 11 is 0. The number of quaternary nitrogens is 1. The van der Waals surface area contributed by atoms with Crippen LogP contribution in [-0.2, 0) is 20.8 Å². The Balaban J connectivity index is 1.35. The molecule has 0 bridgehead atoms. The van der Waals surface area contributed by atoms with Crippen LogP contribution in [0, 0.1) is 0 Å². The van der Waals surface area contributed by atoms with E-state index in [4.69, 9.17) is 14.2 Å². The number of ether oxygens (including phenoxy) is 3. The number of carbonyl (C=O) groups is 1. The van der Waals surface area contributed by atoms with E-state index in [1.165, 1.54) is 10.9 Å². The molecule has 4 N–H and O–H groups in total. The molecule has 0 radical (unpaired) electrons. The van der Waals surface area contributed by atoms with Crippen LogP contribution in [0.5, 0.6) is 0 Å². The second kappa shape index (κ2) is 7.03. The minimum Gasteiger partial charge on any atom is -0.441 e. The van der Waals surface area contributed by atoms with Crippen LogP contribution in [0.15, 0.2) is 30.5 Å². The zero-order valence-electron chi connectivity index (χ0n) is 14.2. The maximum Gasteiger partial charge on any atom is 0.407 e. The predicted octanol–water partition coefficient (Wildman–Crippen LogP) is 0.512. The molecule has 2 aliphatic heterocycles. The van der Waals surface area contributed by atoms with Crippen LogP contribution in [0.4, 0.5) is 4.79 Å². The number of rotatable bonds is 5. The molecule has 1 aromatic carbocycles. The number of hydrogen-bond acceptors (Lipinski definition) is 4. The Morgan fingerprint density at radius 2 is 2.16 bits per heavy atom. The lowest BCUT2D eigenvalue weighted by Crippen LogP contribution is -2.91. The lowest BCUT2D eigenvalue weighted by Gasteiger charge is -2.16. The molecule has 2 aliphatic rings. The predicted molar refractivity (Wildman–Crippen MR) is 91.1 cm³/mol. The van der Waals surface area contributed by atoms with Crippen LogP contribution in [0.25, 0.3) is 10.9 Å². The van der Waals surface area contributed by atoms with Crippen molar-refractivity contribution in [2.75, 3.05) is 19.8 Å². The summed E-state index contributed by atoms with van der Waals surface area (Å²) in [5.41, 5.74) is 2.42. The van der Waals surface area contributed by atoms with Crippen molar-refractivity contribution >= 4 is 17.0 Å². The van der Waals surface area contributed by atoms with Crippen molar-refractivity contribution in [1.82, 2.24) is 10.3 Å². The summed E-state index contributed by atoms with van der Waals surface area (Å²) in [7, 11) is 0. The van der Waals surface area contributed by atoms with Crippen molar-refractivity contribution in [2.45, 2.75) is 37.8 Å². The van der Waals surface area contributed by atoms with E-state index in [1.807, 2.05) is 13.0 Å². The number of amides is 1. The first-order chi connectivity index (χ1) is 12.3. The summed E-state index contributed by atoms with van der Waals surface area (Å²) in [5, 5.41) is 6.15. The van der Waals surface area contributed by atoms with Gasteiger partial charge in [0.1, 0.15) is 31.4 Å². The third-order valence-corrected chi connectivity index (χ3v) is 4.94. The second-order valence-electron chi connectivity index (χ2n) is 6.53. The van der Waals surface area contributed by atoms with E-state index < -0.39 is 6.09 Å². The molecule has 0 unspecified atom stereocenters. The Kier molecular flexibility index (Phi) is 4.61. The highest BCUT2D eigenvalue weighted by Crippen LogP contribution is 2.27. The fourth-order valence-electron chi connectivity index (χ4n) is 3.70. The molecular weight excluding hydrogens is 322 g/mol. The first-order valence-electron chi connectivity index (χ1n) is 8.82. The zero-order valence-corrected chi connectivity index (χ0v) is 14.2. The van der Waals surface area contributed by atoms with Gasteiger partial charge in [-0.1, -0.05) is 18.2 Å². The average molecular weight is 346 g/mol. The van der Waals surface area contributed by atoms with Crippen LogP contribution in [0.1, 0.15) is 12.5 Å². The number of alkyl carbamates (subject to hydrolysis) is 1. The number of aromatic nitrogens is 1. The number of benzene rings is 1. The van der Waals surface area contributed by atoms with Gasteiger partial charge in [0.25, 0.3) is 0 Å². The summed E-state index contributed by atoms with van der Waals surface area (Å²) in [5.74, 6) is 0. The average Bonchev–Trinajstić information content (AvgIpc) is 3.30. The van der Waals surface area contributed by atoms with Gasteiger partial charge in [0.05, 0.1) is 6.61 Å². The van der Waals surface area contributed by atoms with E-state index in [9.17, 15) is 4.79 Å². The Morgan fingerprint density at radius 3 is 3.04 bits per heavy atom. The molecule has 2 fully saturated rings. The number of hydrogen-bond donors (Lipinski definition) is 3. The minimum atomic E-state index is -0.411. The summed E-state index contributed by atoms with van der Waals surface area (Å²) in [6, 6.07) is 8.50. The number of nitrogens with two attached hydrogens (primary N) is 1. The highest BCUT2D eigenvalue weighted by molar-refractivity contribution is 5.82. The smallest absolute Gasteiger partial charge is 0.407 e. The van der Waals surface area contributed by atoms with Crippen molar-refractivity contribution in [2.24, 2.45) is 0 Å². The van der Waals surface area contributed by atoms with Crippen LogP contribution < -0.4 is 10.6 Å². The Hall–Kier alpha value is -2.09. The largest absolute Gasteiger partial charge is 0.441 e. The summed E-state index contributed by atoms with van der Waals surface area (Å²) in [4.78, 5) is 14.9.